The average Bonchev–Trinajstić information content (AvgIpc) is 2.30. The van der Waals surface area contributed by atoms with Crippen molar-refractivity contribution < 1.29 is 0 Å². The topological polar surface area (TPSA) is 49.8 Å². The number of hydrogen-bond acceptors (Lipinski definition) is 4. The van der Waals surface area contributed by atoms with Crippen LogP contribution in [-0.2, 0) is 0 Å². The van der Waals surface area contributed by atoms with Gasteiger partial charge in [0.1, 0.15) is 5.82 Å². The zero-order valence-corrected chi connectivity index (χ0v) is 10.8. The number of hydrogen-bond donors (Lipinski definition) is 2. The summed E-state index contributed by atoms with van der Waals surface area (Å²) in [4.78, 5) is 8.58. The molecule has 0 aliphatic carbocycles. The van der Waals surface area contributed by atoms with Crippen LogP contribution in [0, 0.1) is 12.8 Å². The van der Waals surface area contributed by atoms with Gasteiger partial charge in [0.05, 0.1) is 0 Å². The van der Waals surface area contributed by atoms with Gasteiger partial charge in [-0.3, -0.25) is 0 Å². The van der Waals surface area contributed by atoms with Crippen molar-refractivity contribution >= 4 is 11.8 Å². The Hall–Kier alpha value is -1.32. The molecule has 1 rings (SSSR count). The number of nitrogens with one attached hydrogen (secondary N) is 2. The molecule has 0 aromatic carbocycles. The molecule has 0 aliphatic heterocycles. The van der Waals surface area contributed by atoms with Crippen molar-refractivity contribution in [1.82, 2.24) is 9.97 Å². The molecule has 16 heavy (non-hydrogen) atoms. The van der Waals surface area contributed by atoms with Gasteiger partial charge in [-0.05, 0) is 19.8 Å². The lowest BCUT2D eigenvalue weighted by Crippen LogP contribution is -2.24. The van der Waals surface area contributed by atoms with Crippen LogP contribution in [0.5, 0.6) is 0 Å². The van der Waals surface area contributed by atoms with Gasteiger partial charge in [-0.1, -0.05) is 20.3 Å². The second kappa shape index (κ2) is 5.68. The van der Waals surface area contributed by atoms with Gasteiger partial charge in [-0.25, -0.2) is 4.98 Å². The van der Waals surface area contributed by atoms with E-state index in [2.05, 4.69) is 41.4 Å². The monoisotopic (exact) mass is 222 g/mol. The van der Waals surface area contributed by atoms with Crippen LogP contribution in [0.15, 0.2) is 6.20 Å². The molecule has 0 bridgehead atoms. The molecule has 2 unspecified atom stereocenters. The molecule has 2 atom stereocenters. The molecule has 90 valence electrons. The lowest BCUT2D eigenvalue weighted by molar-refractivity contribution is 0.493. The molecule has 1 aromatic heterocycles. The van der Waals surface area contributed by atoms with Crippen LogP contribution in [0.3, 0.4) is 0 Å². The van der Waals surface area contributed by atoms with Crippen LogP contribution in [-0.4, -0.2) is 23.1 Å². The summed E-state index contributed by atoms with van der Waals surface area (Å²) in [6.45, 7) is 8.65. The first-order valence-electron chi connectivity index (χ1n) is 5.86. The molecular weight excluding hydrogens is 200 g/mol. The molecular formula is C12H22N4. The maximum absolute atomic E-state index is 4.41. The smallest absolute Gasteiger partial charge is 0.224 e. The van der Waals surface area contributed by atoms with Gasteiger partial charge in [-0.15, -0.1) is 0 Å². The maximum Gasteiger partial charge on any atom is 0.224 e. The maximum atomic E-state index is 4.41. The molecule has 0 fully saturated rings. The van der Waals surface area contributed by atoms with Crippen molar-refractivity contribution in [3.8, 4) is 0 Å². The third-order valence-corrected chi connectivity index (χ3v) is 3.06. The van der Waals surface area contributed by atoms with Crippen LogP contribution in [0.1, 0.15) is 32.8 Å². The van der Waals surface area contributed by atoms with Crippen molar-refractivity contribution in [3.63, 3.8) is 0 Å². The van der Waals surface area contributed by atoms with E-state index in [1.807, 2.05) is 20.2 Å². The molecule has 0 saturated carbocycles. The summed E-state index contributed by atoms with van der Waals surface area (Å²) < 4.78 is 0. The quantitative estimate of drug-likeness (QED) is 0.804. The molecule has 0 radical (unpaired) electrons. The van der Waals surface area contributed by atoms with Crippen molar-refractivity contribution in [3.05, 3.63) is 11.8 Å². The minimum atomic E-state index is 0.420. The predicted octanol–water partition coefficient (Wildman–Crippen LogP) is 2.67. The highest BCUT2D eigenvalue weighted by Crippen LogP contribution is 2.17. The van der Waals surface area contributed by atoms with Crippen LogP contribution in [0.4, 0.5) is 11.8 Å². The first kappa shape index (κ1) is 12.7. The second-order valence-corrected chi connectivity index (χ2v) is 4.29. The summed E-state index contributed by atoms with van der Waals surface area (Å²) in [5.41, 5.74) is 1.08. The van der Waals surface area contributed by atoms with E-state index >= 15 is 0 Å². The van der Waals surface area contributed by atoms with Crippen molar-refractivity contribution in [2.75, 3.05) is 17.7 Å². The fourth-order valence-electron chi connectivity index (χ4n) is 1.42. The Morgan fingerprint density at radius 3 is 2.62 bits per heavy atom. The van der Waals surface area contributed by atoms with Crippen LogP contribution in [0.25, 0.3) is 0 Å². The SMILES string of the molecule is CCC(C)C(C)Nc1nc(NC)ncc1C. The number of anilines is 2. The average molecular weight is 222 g/mol. The molecule has 0 saturated heterocycles. The van der Waals surface area contributed by atoms with E-state index in [9.17, 15) is 0 Å². The Morgan fingerprint density at radius 1 is 1.38 bits per heavy atom. The molecule has 0 spiro atoms. The van der Waals surface area contributed by atoms with Gasteiger partial charge in [0.2, 0.25) is 5.95 Å². The fraction of sp³-hybridized carbons (Fsp3) is 0.667. The first-order chi connectivity index (χ1) is 7.58. The molecule has 2 N–H and O–H groups in total. The van der Waals surface area contributed by atoms with E-state index in [0.717, 1.165) is 17.8 Å². The Morgan fingerprint density at radius 2 is 2.06 bits per heavy atom. The number of nitrogens with zero attached hydrogens (tertiary/aromatic N) is 2. The summed E-state index contributed by atoms with van der Waals surface area (Å²) >= 11 is 0. The lowest BCUT2D eigenvalue weighted by atomic mass is 10.0. The molecule has 4 heteroatoms. The molecule has 0 aliphatic rings. The number of rotatable bonds is 5. The minimum Gasteiger partial charge on any atom is -0.367 e. The van der Waals surface area contributed by atoms with Gasteiger partial charge in [0.25, 0.3) is 0 Å². The van der Waals surface area contributed by atoms with Gasteiger partial charge >= 0.3 is 0 Å². The van der Waals surface area contributed by atoms with E-state index in [0.29, 0.717) is 17.9 Å². The van der Waals surface area contributed by atoms with E-state index in [1.165, 1.54) is 0 Å². The summed E-state index contributed by atoms with van der Waals surface area (Å²) in [6, 6.07) is 0.420. The van der Waals surface area contributed by atoms with E-state index < -0.39 is 0 Å². The van der Waals surface area contributed by atoms with E-state index in [4.69, 9.17) is 0 Å². The zero-order chi connectivity index (χ0) is 12.1. The van der Waals surface area contributed by atoms with Gasteiger partial charge in [-0.2, -0.15) is 4.98 Å². The minimum absolute atomic E-state index is 0.420. The molecule has 4 nitrogen and oxygen atoms in total. The summed E-state index contributed by atoms with van der Waals surface area (Å²) in [7, 11) is 1.83. The zero-order valence-electron chi connectivity index (χ0n) is 10.8. The molecule has 1 heterocycles. The van der Waals surface area contributed by atoms with E-state index in [1.54, 1.807) is 0 Å². The Balaban J connectivity index is 2.79. The standard InChI is InChI=1S/C12H22N4/c1-6-8(2)10(4)15-11-9(3)7-14-12(13-5)16-11/h7-8,10H,6H2,1-5H3,(H2,13,14,15,16). The molecule has 1 aromatic rings. The van der Waals surface area contributed by atoms with E-state index in [-0.39, 0.29) is 0 Å². The van der Waals surface area contributed by atoms with Crippen molar-refractivity contribution in [1.29, 1.82) is 0 Å². The molecule has 0 amide bonds. The second-order valence-electron chi connectivity index (χ2n) is 4.29. The van der Waals surface area contributed by atoms with Crippen LogP contribution >= 0.6 is 0 Å². The Kier molecular flexibility index (Phi) is 4.52. The predicted molar refractivity (Wildman–Crippen MR) is 68.9 cm³/mol. The summed E-state index contributed by atoms with van der Waals surface area (Å²) in [5, 5.41) is 6.39. The van der Waals surface area contributed by atoms with Crippen LogP contribution in [0.2, 0.25) is 0 Å². The van der Waals surface area contributed by atoms with Gasteiger partial charge in [0.15, 0.2) is 0 Å². The Labute approximate surface area is 97.9 Å². The number of aromatic nitrogens is 2. The highest BCUT2D eigenvalue weighted by molar-refractivity contribution is 5.46. The van der Waals surface area contributed by atoms with Gasteiger partial charge < -0.3 is 10.6 Å². The fourth-order valence-corrected chi connectivity index (χ4v) is 1.42. The number of aryl methyl sites for hydroxylation is 1. The van der Waals surface area contributed by atoms with Crippen molar-refractivity contribution in [2.45, 2.75) is 40.2 Å². The largest absolute Gasteiger partial charge is 0.367 e. The van der Waals surface area contributed by atoms with Crippen molar-refractivity contribution in [2.24, 2.45) is 5.92 Å². The Bertz CT molecular complexity index is 338. The summed E-state index contributed by atoms with van der Waals surface area (Å²) in [6.07, 6.45) is 3.00. The highest BCUT2D eigenvalue weighted by atomic mass is 15.1. The van der Waals surface area contributed by atoms with Gasteiger partial charge in [0, 0.05) is 24.8 Å². The normalized spacial score (nSPS) is 14.3. The lowest BCUT2D eigenvalue weighted by Gasteiger charge is -2.21. The summed E-state index contributed by atoms with van der Waals surface area (Å²) in [5.74, 6) is 2.21. The van der Waals surface area contributed by atoms with Crippen LogP contribution < -0.4 is 10.6 Å². The third kappa shape index (κ3) is 3.08. The third-order valence-electron chi connectivity index (χ3n) is 3.06. The first-order valence-corrected chi connectivity index (χ1v) is 5.86. The highest BCUT2D eigenvalue weighted by Gasteiger charge is 2.12.